The summed E-state index contributed by atoms with van der Waals surface area (Å²) in [6.07, 6.45) is 7.05. The molecule has 0 fully saturated rings. The van der Waals surface area contributed by atoms with Gasteiger partial charge in [-0.2, -0.15) is 16.8 Å². The third kappa shape index (κ3) is 7.76. The normalized spacial score (nSPS) is 13.2. The molecule has 47 heavy (non-hydrogen) atoms. The summed E-state index contributed by atoms with van der Waals surface area (Å²) in [5.41, 5.74) is 8.31. The highest BCUT2D eigenvalue weighted by Gasteiger charge is 2.24. The number of hydrogen-bond donors (Lipinski definition) is 3. The molecule has 0 saturated heterocycles. The molecule has 4 aromatic carbocycles. The average Bonchev–Trinajstić information content (AvgIpc) is 2.97. The molecule has 0 heterocycles. The number of benzene rings is 4. The van der Waals surface area contributed by atoms with Gasteiger partial charge in [0.05, 0.1) is 16.3 Å². The fourth-order valence-electron chi connectivity index (χ4n) is 5.44. The highest BCUT2D eigenvalue weighted by atomic mass is 35.5. The highest BCUT2D eigenvalue weighted by molar-refractivity contribution is 7.86. The van der Waals surface area contributed by atoms with E-state index in [-0.39, 0.29) is 5.56 Å². The van der Waals surface area contributed by atoms with Crippen molar-refractivity contribution in [2.75, 3.05) is 5.32 Å². The average molecular weight is 710 g/mol. The predicted octanol–water partition coefficient (Wildman–Crippen LogP) is 9.16. The van der Waals surface area contributed by atoms with Crippen LogP contribution >= 0.6 is 23.2 Å². The number of anilines is 2. The largest absolute Gasteiger partial charge is 0.355 e. The van der Waals surface area contributed by atoms with Crippen LogP contribution in [-0.4, -0.2) is 31.7 Å². The second kappa shape index (κ2) is 13.2. The van der Waals surface area contributed by atoms with E-state index in [9.17, 15) is 25.9 Å². The van der Waals surface area contributed by atoms with Gasteiger partial charge in [0.25, 0.3) is 20.2 Å². The van der Waals surface area contributed by atoms with Gasteiger partial charge in [-0.15, -0.1) is 0 Å². The summed E-state index contributed by atoms with van der Waals surface area (Å²) in [6.45, 7) is 7.72. The number of nitrogens with zero attached hydrogens (tertiary/aromatic N) is 1. The van der Waals surface area contributed by atoms with Crippen molar-refractivity contribution in [3.63, 3.8) is 0 Å². The lowest BCUT2D eigenvalue weighted by molar-refractivity contribution is 0.481. The van der Waals surface area contributed by atoms with Gasteiger partial charge in [-0.1, -0.05) is 53.6 Å². The van der Waals surface area contributed by atoms with Crippen LogP contribution in [0.25, 0.3) is 5.57 Å². The molecule has 1 aliphatic rings. The van der Waals surface area contributed by atoms with E-state index in [4.69, 9.17) is 28.2 Å². The van der Waals surface area contributed by atoms with Crippen molar-refractivity contribution in [1.82, 2.24) is 0 Å². The van der Waals surface area contributed by atoms with Crippen LogP contribution in [-0.2, 0) is 20.2 Å². The van der Waals surface area contributed by atoms with Gasteiger partial charge in [0.15, 0.2) is 0 Å². The Morgan fingerprint density at radius 1 is 0.681 bits per heavy atom. The van der Waals surface area contributed by atoms with Gasteiger partial charge in [0, 0.05) is 27.0 Å². The third-order valence-corrected chi connectivity index (χ3v) is 9.77. The first-order chi connectivity index (χ1) is 22.0. The molecule has 12 heteroatoms. The number of allylic oxidation sites excluding steroid dienone is 5. The number of hydrogen-bond acceptors (Lipinski definition) is 6. The molecule has 1 aliphatic carbocycles. The van der Waals surface area contributed by atoms with E-state index in [0.29, 0.717) is 32.5 Å². The number of rotatable bonds is 7. The zero-order valence-corrected chi connectivity index (χ0v) is 28.9. The summed E-state index contributed by atoms with van der Waals surface area (Å²) in [7, 11) is -9.72. The molecule has 3 N–H and O–H groups in total. The second-order valence-electron chi connectivity index (χ2n) is 11.1. The third-order valence-electron chi connectivity index (χ3n) is 7.59. The van der Waals surface area contributed by atoms with Crippen LogP contribution in [0.5, 0.6) is 0 Å². The standard InChI is InChI=1S/C35H30Cl2N2O6S2/c1-20-15-26(36)16-21(2)34(20)38-28-9-5-24(6-10-28)33(31-14-13-30(46(40,41)42)19-32(31)47(43,44)45)25-7-11-29(12-8-25)39-35-22(3)17-27(37)18-23(35)4/h5-19,38H,1-4H3,(H,40,41,42)(H,43,44,45). The van der Waals surface area contributed by atoms with E-state index >= 15 is 0 Å². The first-order valence-electron chi connectivity index (χ1n) is 14.2. The van der Waals surface area contributed by atoms with Crippen LogP contribution in [0, 0.1) is 27.7 Å². The van der Waals surface area contributed by atoms with Crippen LogP contribution in [0.4, 0.5) is 17.1 Å². The van der Waals surface area contributed by atoms with Gasteiger partial charge in [0.1, 0.15) is 4.90 Å². The monoisotopic (exact) mass is 708 g/mol. The molecule has 5 rings (SSSR count). The van der Waals surface area contributed by atoms with E-state index in [0.717, 1.165) is 51.4 Å². The molecule has 0 bridgehead atoms. The van der Waals surface area contributed by atoms with Crippen molar-refractivity contribution in [3.05, 3.63) is 140 Å². The van der Waals surface area contributed by atoms with Gasteiger partial charge in [-0.05, 0) is 127 Å². The number of aliphatic imine (C=N–C) groups is 1. The van der Waals surface area contributed by atoms with Crippen molar-refractivity contribution in [2.45, 2.75) is 37.5 Å². The van der Waals surface area contributed by atoms with Crippen LogP contribution < -0.4 is 5.32 Å². The molecular weight excluding hydrogens is 679 g/mol. The van der Waals surface area contributed by atoms with Gasteiger partial charge in [-0.25, -0.2) is 4.99 Å². The molecule has 0 aromatic heterocycles. The number of aryl methyl sites for hydroxylation is 4. The molecule has 0 atom stereocenters. The van der Waals surface area contributed by atoms with Crippen molar-refractivity contribution < 1.29 is 25.9 Å². The minimum atomic E-state index is -4.95. The molecule has 0 spiro atoms. The lowest BCUT2D eigenvalue weighted by atomic mass is 9.90. The zero-order chi connectivity index (χ0) is 34.3. The number of halogens is 2. The summed E-state index contributed by atoms with van der Waals surface area (Å²) < 4.78 is 68.8. The Bertz CT molecular complexity index is 2210. The molecule has 0 unspecified atom stereocenters. The van der Waals surface area contributed by atoms with E-state index in [1.807, 2.05) is 64.1 Å². The Morgan fingerprint density at radius 2 is 1.21 bits per heavy atom. The summed E-state index contributed by atoms with van der Waals surface area (Å²) in [5.74, 6) is 0. The van der Waals surface area contributed by atoms with Crippen molar-refractivity contribution in [3.8, 4) is 0 Å². The summed E-state index contributed by atoms with van der Waals surface area (Å²) in [6, 6.07) is 17.6. The molecular formula is C35H30Cl2N2O6S2. The molecule has 0 radical (unpaired) electrons. The molecule has 0 saturated carbocycles. The molecule has 0 aliphatic heterocycles. The van der Waals surface area contributed by atoms with E-state index in [1.165, 1.54) is 6.07 Å². The second-order valence-corrected chi connectivity index (χ2v) is 14.8. The Hall–Kier alpha value is -4.03. The fourth-order valence-corrected chi connectivity index (χ4v) is 7.40. The van der Waals surface area contributed by atoms with Gasteiger partial charge >= 0.3 is 0 Å². The van der Waals surface area contributed by atoms with E-state index in [2.05, 4.69) is 5.32 Å². The highest BCUT2D eigenvalue weighted by Crippen LogP contribution is 2.37. The predicted molar refractivity (Wildman–Crippen MR) is 189 cm³/mol. The Balaban J connectivity index is 1.65. The molecule has 0 amide bonds. The zero-order valence-electron chi connectivity index (χ0n) is 25.7. The van der Waals surface area contributed by atoms with Gasteiger partial charge in [-0.3, -0.25) is 9.11 Å². The van der Waals surface area contributed by atoms with Crippen LogP contribution in [0.3, 0.4) is 0 Å². The first kappa shape index (κ1) is 34.3. The maximum Gasteiger partial charge on any atom is 0.295 e. The maximum absolute atomic E-state index is 12.6. The van der Waals surface area contributed by atoms with Crippen molar-refractivity contribution in [1.29, 1.82) is 0 Å². The Kier molecular flexibility index (Phi) is 9.66. The quantitative estimate of drug-likeness (QED) is 0.163. The smallest absolute Gasteiger partial charge is 0.295 e. The SMILES string of the molecule is Cc1cc(Cl)cc(C)c1N=C1C=CC(=C(c2ccc(Nc3c(C)cc(Cl)cc3C)cc2)c2ccc(S(=O)(=O)O)cc2S(=O)(=O)O)C=C1. The summed E-state index contributed by atoms with van der Waals surface area (Å²) >= 11 is 12.4. The minimum Gasteiger partial charge on any atom is -0.355 e. The maximum atomic E-state index is 12.6. The number of nitrogens with one attached hydrogen (secondary N) is 1. The van der Waals surface area contributed by atoms with E-state index in [1.54, 1.807) is 36.4 Å². The molecule has 8 nitrogen and oxygen atoms in total. The van der Waals surface area contributed by atoms with Crippen molar-refractivity contribution >= 4 is 71.8 Å². The Labute approximate surface area is 284 Å². The van der Waals surface area contributed by atoms with E-state index < -0.39 is 30.0 Å². The van der Waals surface area contributed by atoms with Crippen LogP contribution in [0.1, 0.15) is 33.4 Å². The lowest BCUT2D eigenvalue weighted by Crippen LogP contribution is -2.08. The summed E-state index contributed by atoms with van der Waals surface area (Å²) in [5, 5.41) is 4.64. The topological polar surface area (TPSA) is 133 Å². The molecule has 4 aromatic rings. The summed E-state index contributed by atoms with van der Waals surface area (Å²) in [4.78, 5) is 3.42. The molecule has 242 valence electrons. The van der Waals surface area contributed by atoms with Crippen LogP contribution in [0.15, 0.2) is 111 Å². The van der Waals surface area contributed by atoms with Gasteiger partial charge in [0.2, 0.25) is 0 Å². The van der Waals surface area contributed by atoms with Gasteiger partial charge < -0.3 is 5.32 Å². The van der Waals surface area contributed by atoms with Crippen molar-refractivity contribution in [2.24, 2.45) is 4.99 Å². The lowest BCUT2D eigenvalue weighted by Gasteiger charge is -2.18. The Morgan fingerprint density at radius 3 is 1.72 bits per heavy atom. The van der Waals surface area contributed by atoms with Crippen LogP contribution in [0.2, 0.25) is 10.0 Å². The fraction of sp³-hybridized carbons (Fsp3) is 0.114. The minimum absolute atomic E-state index is 0.0269. The first-order valence-corrected chi connectivity index (χ1v) is 17.8.